The normalized spacial score (nSPS) is 43.7. The third kappa shape index (κ3) is 1.93. The Kier molecular flexibility index (Phi) is 2.40. The predicted molar refractivity (Wildman–Crippen MR) is 44.4 cm³/mol. The fraction of sp³-hybridized carbons (Fsp3) is 0.857. The van der Waals surface area contributed by atoms with Gasteiger partial charge in [-0.1, -0.05) is 0 Å². The molecule has 2 fully saturated rings. The van der Waals surface area contributed by atoms with Crippen LogP contribution in [0.1, 0.15) is 6.42 Å². The second kappa shape index (κ2) is 3.26. The van der Waals surface area contributed by atoms with Crippen molar-refractivity contribution < 1.29 is 32.0 Å². The summed E-state index contributed by atoms with van der Waals surface area (Å²) in [6.45, 7) is 0.481. The zero-order chi connectivity index (χ0) is 11.3. The van der Waals surface area contributed by atoms with Gasteiger partial charge in [0, 0.05) is 6.42 Å². The lowest BCUT2D eigenvalue weighted by Crippen LogP contribution is -2.89. The number of hydrogen-bond acceptors (Lipinski definition) is 3. The van der Waals surface area contributed by atoms with Crippen molar-refractivity contribution in [1.82, 2.24) is 0 Å². The van der Waals surface area contributed by atoms with Crippen LogP contribution < -0.4 is 5.32 Å². The molecule has 8 heteroatoms. The lowest BCUT2D eigenvalue weighted by Gasteiger charge is -2.50. The third-order valence-electron chi connectivity index (χ3n) is 2.70. The van der Waals surface area contributed by atoms with Gasteiger partial charge >= 0.3 is 12.1 Å². The Balaban J connectivity index is 2.03. The van der Waals surface area contributed by atoms with Crippen LogP contribution in [0.2, 0.25) is 0 Å². The number of fused-ring (bicyclic) bond motifs is 2. The minimum atomic E-state index is -5.06. The van der Waals surface area contributed by atoms with E-state index in [0.29, 0.717) is 13.0 Å². The molecule has 0 aliphatic carbocycles. The Bertz CT molecular complexity index is 298. The summed E-state index contributed by atoms with van der Waals surface area (Å²) in [6.07, 6.45) is -4.49. The van der Waals surface area contributed by atoms with Crippen LogP contribution in [-0.2, 0) is 8.98 Å². The summed E-state index contributed by atoms with van der Waals surface area (Å²) >= 11 is 0. The van der Waals surface area contributed by atoms with Gasteiger partial charge in [-0.15, -0.1) is 0 Å². The molecule has 15 heavy (non-hydrogen) atoms. The molecule has 4 nitrogen and oxygen atoms in total. The van der Waals surface area contributed by atoms with Gasteiger partial charge in [0.25, 0.3) is 0 Å². The maximum atomic E-state index is 11.9. The summed E-state index contributed by atoms with van der Waals surface area (Å²) < 4.78 is 51.7. The molecule has 0 saturated carbocycles. The van der Waals surface area contributed by atoms with Crippen molar-refractivity contribution in [2.75, 3.05) is 12.3 Å². The Morgan fingerprint density at radius 1 is 1.53 bits per heavy atom. The van der Waals surface area contributed by atoms with Crippen molar-refractivity contribution >= 4 is 16.6 Å². The van der Waals surface area contributed by atoms with Crippen LogP contribution in [0, 0.1) is 0 Å². The van der Waals surface area contributed by atoms with Crippen LogP contribution in [0.25, 0.3) is 0 Å². The molecule has 2 N–H and O–H groups in total. The van der Waals surface area contributed by atoms with E-state index < -0.39 is 28.0 Å². The number of quaternary nitrogens is 1. The van der Waals surface area contributed by atoms with Gasteiger partial charge in [0.2, 0.25) is 0 Å². The van der Waals surface area contributed by atoms with Crippen LogP contribution >= 0.6 is 10.6 Å². The first kappa shape index (κ1) is 11.0. The Hall–Kier alpha value is -0.470. The van der Waals surface area contributed by atoms with E-state index in [0.717, 1.165) is 0 Å². The molecule has 3 atom stereocenters. The van der Waals surface area contributed by atoms with Crippen LogP contribution in [-0.4, -0.2) is 40.3 Å². The number of carbonyl (C=O) groups excluding carboxylic acids is 1. The van der Waals surface area contributed by atoms with Crippen molar-refractivity contribution in [2.24, 2.45) is 0 Å². The fourth-order valence-electron chi connectivity index (χ4n) is 2.02. The average Bonchev–Trinajstić information content (AvgIpc) is 2.60. The Morgan fingerprint density at radius 3 is 2.60 bits per heavy atom. The van der Waals surface area contributed by atoms with E-state index in [1.807, 2.05) is 5.32 Å². The molecule has 2 bridgehead atoms. The summed E-state index contributed by atoms with van der Waals surface area (Å²) in [5, 5.41) is 1.52. The van der Waals surface area contributed by atoms with Crippen molar-refractivity contribution in [3.05, 3.63) is 0 Å². The smallest absolute Gasteiger partial charge is 0.492 e. The molecule has 0 spiro atoms. The minimum absolute atomic E-state index is 0.0449. The highest BCUT2D eigenvalue weighted by molar-refractivity contribution is 8.26. The predicted octanol–water partition coefficient (Wildman–Crippen LogP) is -0.340. The van der Waals surface area contributed by atoms with Crippen LogP contribution in [0.15, 0.2) is 0 Å². The van der Waals surface area contributed by atoms with Gasteiger partial charge in [-0.2, -0.15) is 13.2 Å². The molecule has 1 unspecified atom stereocenters. The molecule has 0 radical (unpaired) electrons. The number of rotatable bonds is 1. The van der Waals surface area contributed by atoms with Crippen LogP contribution in [0.3, 0.4) is 0 Å². The largest absolute Gasteiger partial charge is 0.758 e. The van der Waals surface area contributed by atoms with Gasteiger partial charge in [-0.05, 0) is 0 Å². The molecule has 0 amide bonds. The number of halogens is 3. The highest BCUT2D eigenvalue weighted by atomic mass is 32.3. The van der Waals surface area contributed by atoms with Gasteiger partial charge in [0.1, 0.15) is 6.04 Å². The molecule has 0 aromatic rings. The van der Waals surface area contributed by atoms with Gasteiger partial charge in [-0.25, -0.2) is 4.79 Å². The molecule has 88 valence electrons. The molecule has 2 aliphatic rings. The van der Waals surface area contributed by atoms with Crippen molar-refractivity contribution in [2.45, 2.75) is 23.9 Å². The van der Waals surface area contributed by atoms with E-state index in [1.165, 1.54) is 0 Å². The standard InChI is InChI=1S/C7H10F3NO3S/c8-7(9,10)6(12)14-15(13)3-4-1-5(15)2-11-4/h4-5,11,13H,1-3H2/t4-,5-/m0/s1. The lowest BCUT2D eigenvalue weighted by atomic mass is 10.3. The SMILES string of the molecule is O=C(OS1([O-])C[C@@H]2C[C@H]1C[NH2+]2)C(F)(F)F. The van der Waals surface area contributed by atoms with Gasteiger partial charge in [0.15, 0.2) is 0 Å². The lowest BCUT2D eigenvalue weighted by molar-refractivity contribution is -0.666. The first-order valence-electron chi connectivity index (χ1n) is 4.46. The quantitative estimate of drug-likeness (QED) is 0.687. The monoisotopic (exact) mass is 245 g/mol. The number of alkyl halides is 3. The maximum Gasteiger partial charge on any atom is 0.492 e. The van der Waals surface area contributed by atoms with Gasteiger partial charge in [0.05, 0.1) is 17.5 Å². The molecular weight excluding hydrogens is 235 g/mol. The molecule has 0 aromatic heterocycles. The van der Waals surface area contributed by atoms with Crippen molar-refractivity contribution in [3.8, 4) is 0 Å². The van der Waals surface area contributed by atoms with E-state index in [4.69, 9.17) is 0 Å². The maximum absolute atomic E-state index is 11.9. The first-order chi connectivity index (χ1) is 6.81. The molecule has 2 aliphatic heterocycles. The summed E-state index contributed by atoms with van der Waals surface area (Å²) in [7, 11) is -3.08. The summed E-state index contributed by atoms with van der Waals surface area (Å²) in [4.78, 5) is 10.6. The average molecular weight is 245 g/mol. The second-order valence-corrected chi connectivity index (χ2v) is 6.28. The Morgan fingerprint density at radius 2 is 2.20 bits per heavy atom. The van der Waals surface area contributed by atoms with Crippen molar-refractivity contribution in [1.29, 1.82) is 0 Å². The van der Waals surface area contributed by atoms with E-state index in [9.17, 15) is 22.5 Å². The number of carbonyl (C=O) groups is 1. The van der Waals surface area contributed by atoms with Gasteiger partial charge in [-0.3, -0.25) is 10.6 Å². The fourth-order valence-corrected chi connectivity index (χ4v) is 4.66. The summed E-state index contributed by atoms with van der Waals surface area (Å²) in [5.41, 5.74) is 0. The topological polar surface area (TPSA) is 66.0 Å². The summed E-state index contributed by atoms with van der Waals surface area (Å²) in [5.74, 6) is -2.28. The first-order valence-corrected chi connectivity index (χ1v) is 6.17. The van der Waals surface area contributed by atoms with Crippen LogP contribution in [0.5, 0.6) is 0 Å². The number of hydrogen-bond donors (Lipinski definition) is 1. The molecular formula is C7H10F3NO3S. The number of nitrogens with two attached hydrogens (primary N) is 1. The van der Waals surface area contributed by atoms with Crippen LogP contribution in [0.4, 0.5) is 13.2 Å². The minimum Gasteiger partial charge on any atom is -0.758 e. The third-order valence-corrected chi connectivity index (χ3v) is 5.43. The second-order valence-electron chi connectivity index (χ2n) is 3.79. The van der Waals surface area contributed by atoms with E-state index >= 15 is 0 Å². The molecule has 2 heterocycles. The molecule has 2 rings (SSSR count). The van der Waals surface area contributed by atoms with Gasteiger partial charge < -0.3 is 14.1 Å². The highest BCUT2D eigenvalue weighted by Gasteiger charge is 2.49. The summed E-state index contributed by atoms with van der Waals surface area (Å²) in [6, 6.07) is 0.0449. The van der Waals surface area contributed by atoms with Crippen molar-refractivity contribution in [3.63, 3.8) is 0 Å². The zero-order valence-electron chi connectivity index (χ0n) is 7.62. The van der Waals surface area contributed by atoms with E-state index in [-0.39, 0.29) is 11.8 Å². The van der Waals surface area contributed by atoms with E-state index in [1.54, 1.807) is 0 Å². The van der Waals surface area contributed by atoms with E-state index in [2.05, 4.69) is 4.18 Å². The zero-order valence-corrected chi connectivity index (χ0v) is 8.44. The molecule has 0 aromatic carbocycles. The highest BCUT2D eigenvalue weighted by Crippen LogP contribution is 2.57. The Labute approximate surface area is 85.5 Å². The molecule has 2 saturated heterocycles.